The van der Waals surface area contributed by atoms with Crippen molar-refractivity contribution in [1.82, 2.24) is 0 Å². The molecule has 0 amide bonds. The zero-order chi connectivity index (χ0) is 14.0. The Morgan fingerprint density at radius 3 is 2.74 bits per heavy atom. The molecule has 2 aromatic rings. The second-order valence-corrected chi connectivity index (χ2v) is 6.32. The van der Waals surface area contributed by atoms with Crippen LogP contribution in [0.5, 0.6) is 0 Å². The zero-order valence-corrected chi connectivity index (χ0v) is 13.1. The van der Waals surface area contributed by atoms with Gasteiger partial charge < -0.3 is 10.0 Å². The molecular weight excluding hydrogens is 326 g/mol. The number of halogens is 1. The van der Waals surface area contributed by atoms with Crippen LogP contribution >= 0.6 is 27.3 Å². The smallest absolute Gasteiger partial charge is 0.337 e. The van der Waals surface area contributed by atoms with Gasteiger partial charge in [-0.2, -0.15) is 0 Å². The lowest BCUT2D eigenvalue weighted by Gasteiger charge is -2.20. The van der Waals surface area contributed by atoms with Crippen LogP contribution in [0.15, 0.2) is 34.1 Å². The number of aromatic carboxylic acids is 1. The molecule has 0 aliphatic heterocycles. The summed E-state index contributed by atoms with van der Waals surface area (Å²) in [6.07, 6.45) is 0. The second-order valence-electron chi connectivity index (χ2n) is 4.41. The fraction of sp³-hybridized carbons (Fsp3) is 0.214. The van der Waals surface area contributed by atoms with Crippen molar-refractivity contribution in [3.63, 3.8) is 0 Å². The highest BCUT2D eigenvalue weighted by atomic mass is 79.9. The van der Waals surface area contributed by atoms with E-state index in [-0.39, 0.29) is 0 Å². The number of rotatable bonds is 4. The third-order valence-electron chi connectivity index (χ3n) is 2.81. The van der Waals surface area contributed by atoms with E-state index in [1.165, 1.54) is 4.88 Å². The van der Waals surface area contributed by atoms with E-state index in [1.54, 1.807) is 17.4 Å². The number of thiophene rings is 1. The summed E-state index contributed by atoms with van der Waals surface area (Å²) in [5, 5.41) is 11.3. The maximum Gasteiger partial charge on any atom is 0.337 e. The molecule has 0 atom stereocenters. The zero-order valence-electron chi connectivity index (χ0n) is 10.7. The van der Waals surface area contributed by atoms with E-state index in [1.807, 2.05) is 36.4 Å². The highest BCUT2D eigenvalue weighted by molar-refractivity contribution is 9.10. The first-order valence-corrected chi connectivity index (χ1v) is 7.42. The average Bonchev–Trinajstić information content (AvgIpc) is 2.74. The number of carbonyl (C=O) groups is 1. The number of carboxylic acids is 1. The van der Waals surface area contributed by atoms with Crippen LogP contribution in [0.1, 0.15) is 20.8 Å². The lowest BCUT2D eigenvalue weighted by atomic mass is 10.1. The van der Waals surface area contributed by atoms with Gasteiger partial charge in [0.05, 0.1) is 17.8 Å². The van der Waals surface area contributed by atoms with E-state index >= 15 is 0 Å². The second kappa shape index (κ2) is 5.75. The summed E-state index contributed by atoms with van der Waals surface area (Å²) < 4.78 is 1.06. The molecular formula is C14H14BrNO2S. The Bertz CT molecular complexity index is 609. The van der Waals surface area contributed by atoms with Crippen molar-refractivity contribution in [2.24, 2.45) is 0 Å². The molecule has 0 unspecified atom stereocenters. The predicted octanol–water partition coefficient (Wildman–Crippen LogP) is 4.15. The van der Waals surface area contributed by atoms with Gasteiger partial charge in [-0.25, -0.2) is 4.79 Å². The fourth-order valence-corrected chi connectivity index (χ4v) is 3.41. The molecule has 0 radical (unpaired) electrons. The summed E-state index contributed by atoms with van der Waals surface area (Å²) in [5.41, 5.74) is 2.04. The van der Waals surface area contributed by atoms with Gasteiger partial charge in [-0.3, -0.25) is 0 Å². The number of benzene rings is 1. The van der Waals surface area contributed by atoms with E-state index in [0.29, 0.717) is 12.1 Å². The Morgan fingerprint density at radius 1 is 1.42 bits per heavy atom. The Hall–Kier alpha value is -1.33. The minimum atomic E-state index is -0.891. The number of hydrogen-bond donors (Lipinski definition) is 1. The van der Waals surface area contributed by atoms with Crippen LogP contribution in [0, 0.1) is 6.92 Å². The van der Waals surface area contributed by atoms with Crippen molar-refractivity contribution in [1.29, 1.82) is 0 Å². The first kappa shape index (κ1) is 14.1. The van der Waals surface area contributed by atoms with Gasteiger partial charge >= 0.3 is 5.97 Å². The van der Waals surface area contributed by atoms with E-state index in [9.17, 15) is 9.90 Å². The number of hydrogen-bond acceptors (Lipinski definition) is 3. The Kier molecular flexibility index (Phi) is 4.27. The molecule has 0 spiro atoms. The molecule has 5 heteroatoms. The van der Waals surface area contributed by atoms with Crippen LogP contribution in [0.3, 0.4) is 0 Å². The molecule has 1 aromatic carbocycles. The van der Waals surface area contributed by atoms with Crippen LogP contribution in [0.4, 0.5) is 5.69 Å². The highest BCUT2D eigenvalue weighted by Gasteiger charge is 2.14. The largest absolute Gasteiger partial charge is 0.478 e. The summed E-state index contributed by atoms with van der Waals surface area (Å²) in [5.74, 6) is -0.891. The molecule has 0 fully saturated rings. The Balaban J connectivity index is 2.28. The first-order chi connectivity index (χ1) is 8.97. The molecule has 0 saturated heterocycles. The van der Waals surface area contributed by atoms with Crippen molar-refractivity contribution in [3.05, 3.63) is 50.1 Å². The molecule has 2 rings (SSSR count). The Morgan fingerprint density at radius 2 is 2.16 bits per heavy atom. The molecule has 1 aromatic heterocycles. The molecule has 0 aliphatic rings. The standard InChI is InChI=1S/C14H14BrNO2S/c1-9-3-4-13(12(5-9)14(17)18)16(2)7-11-6-10(15)8-19-11/h3-6,8H,7H2,1-2H3,(H,17,18). The van der Waals surface area contributed by atoms with Gasteiger partial charge in [-0.1, -0.05) is 11.6 Å². The van der Waals surface area contributed by atoms with Gasteiger partial charge in [0.2, 0.25) is 0 Å². The number of aryl methyl sites for hydroxylation is 1. The van der Waals surface area contributed by atoms with Crippen molar-refractivity contribution in [2.45, 2.75) is 13.5 Å². The molecule has 1 heterocycles. The van der Waals surface area contributed by atoms with Gasteiger partial charge in [0.25, 0.3) is 0 Å². The van der Waals surface area contributed by atoms with E-state index < -0.39 is 5.97 Å². The minimum absolute atomic E-state index is 0.345. The van der Waals surface area contributed by atoms with Gasteiger partial charge in [0.15, 0.2) is 0 Å². The van der Waals surface area contributed by atoms with Crippen LogP contribution in [-0.2, 0) is 6.54 Å². The summed E-state index contributed by atoms with van der Waals surface area (Å²) >= 11 is 5.08. The van der Waals surface area contributed by atoms with Gasteiger partial charge in [-0.15, -0.1) is 11.3 Å². The van der Waals surface area contributed by atoms with Crippen LogP contribution in [0.2, 0.25) is 0 Å². The Labute approximate surface area is 124 Å². The van der Waals surface area contributed by atoms with E-state index in [2.05, 4.69) is 22.0 Å². The molecule has 0 aliphatic carbocycles. The average molecular weight is 340 g/mol. The van der Waals surface area contributed by atoms with E-state index in [4.69, 9.17) is 0 Å². The lowest BCUT2D eigenvalue weighted by molar-refractivity contribution is 0.0697. The quantitative estimate of drug-likeness (QED) is 0.909. The summed E-state index contributed by atoms with van der Waals surface area (Å²) in [6.45, 7) is 2.59. The maximum absolute atomic E-state index is 11.3. The monoisotopic (exact) mass is 339 g/mol. The van der Waals surface area contributed by atoms with Gasteiger partial charge in [0.1, 0.15) is 0 Å². The molecule has 3 nitrogen and oxygen atoms in total. The number of anilines is 1. The fourth-order valence-electron chi connectivity index (χ4n) is 1.91. The molecule has 1 N–H and O–H groups in total. The van der Waals surface area contributed by atoms with Crippen LogP contribution < -0.4 is 4.90 Å². The molecule has 0 saturated carbocycles. The summed E-state index contributed by atoms with van der Waals surface area (Å²) in [7, 11) is 1.91. The summed E-state index contributed by atoms with van der Waals surface area (Å²) in [6, 6.07) is 7.55. The van der Waals surface area contributed by atoms with Gasteiger partial charge in [-0.05, 0) is 41.1 Å². The third-order valence-corrected chi connectivity index (χ3v) is 4.49. The van der Waals surface area contributed by atoms with Crippen LogP contribution in [-0.4, -0.2) is 18.1 Å². The van der Waals surface area contributed by atoms with Crippen molar-refractivity contribution in [2.75, 3.05) is 11.9 Å². The number of carboxylic acid groups (broad SMARTS) is 1. The van der Waals surface area contributed by atoms with Crippen molar-refractivity contribution < 1.29 is 9.90 Å². The normalized spacial score (nSPS) is 10.5. The van der Waals surface area contributed by atoms with Crippen molar-refractivity contribution >= 4 is 38.9 Å². The summed E-state index contributed by atoms with van der Waals surface area (Å²) in [4.78, 5) is 14.4. The first-order valence-electron chi connectivity index (χ1n) is 5.75. The lowest BCUT2D eigenvalue weighted by Crippen LogP contribution is -2.18. The SMILES string of the molecule is Cc1ccc(N(C)Cc2cc(Br)cs2)c(C(=O)O)c1. The van der Waals surface area contributed by atoms with Crippen LogP contribution in [0.25, 0.3) is 0 Å². The third kappa shape index (κ3) is 3.36. The highest BCUT2D eigenvalue weighted by Crippen LogP contribution is 2.26. The van der Waals surface area contributed by atoms with Crippen molar-refractivity contribution in [3.8, 4) is 0 Å². The minimum Gasteiger partial charge on any atom is -0.478 e. The maximum atomic E-state index is 11.3. The molecule has 0 bridgehead atoms. The topological polar surface area (TPSA) is 40.5 Å². The molecule has 19 heavy (non-hydrogen) atoms. The van der Waals surface area contributed by atoms with Gasteiger partial charge in [0, 0.05) is 21.8 Å². The van der Waals surface area contributed by atoms with E-state index in [0.717, 1.165) is 15.7 Å². The predicted molar refractivity (Wildman–Crippen MR) is 82.3 cm³/mol. The molecule has 100 valence electrons. The number of nitrogens with zero attached hydrogens (tertiary/aromatic N) is 1.